The van der Waals surface area contributed by atoms with Crippen LogP contribution in [0.4, 0.5) is 17.1 Å². The van der Waals surface area contributed by atoms with Crippen molar-refractivity contribution in [1.29, 1.82) is 5.26 Å². The van der Waals surface area contributed by atoms with Gasteiger partial charge in [-0.1, -0.05) is 11.6 Å². The van der Waals surface area contributed by atoms with Crippen LogP contribution in [0.1, 0.15) is 5.56 Å². The van der Waals surface area contributed by atoms with Crippen molar-refractivity contribution in [2.75, 3.05) is 5.32 Å². The molecule has 19 heavy (non-hydrogen) atoms. The third kappa shape index (κ3) is 2.97. The Labute approximate surface area is 113 Å². The summed E-state index contributed by atoms with van der Waals surface area (Å²) in [5.74, 6) is 0. The number of hydrogen-bond donors (Lipinski definition) is 1. The molecule has 0 atom stereocenters. The summed E-state index contributed by atoms with van der Waals surface area (Å²) < 4.78 is 0. The number of halogens is 1. The number of nitriles is 1. The zero-order chi connectivity index (χ0) is 13.8. The number of nitro benzene ring substituents is 1. The van der Waals surface area contributed by atoms with Crippen LogP contribution >= 0.6 is 11.6 Å². The minimum Gasteiger partial charge on any atom is -0.349 e. The highest BCUT2D eigenvalue weighted by atomic mass is 35.5. The zero-order valence-corrected chi connectivity index (χ0v) is 10.3. The fourth-order valence-corrected chi connectivity index (χ4v) is 1.58. The molecule has 2 aromatic rings. The predicted molar refractivity (Wildman–Crippen MR) is 70.3 cm³/mol. The summed E-state index contributed by atoms with van der Waals surface area (Å²) >= 11 is 5.65. The highest BCUT2D eigenvalue weighted by Crippen LogP contribution is 2.28. The molecule has 0 aliphatic carbocycles. The van der Waals surface area contributed by atoms with E-state index in [1.165, 1.54) is 24.4 Å². The lowest BCUT2D eigenvalue weighted by Crippen LogP contribution is -1.98. The van der Waals surface area contributed by atoms with Gasteiger partial charge in [0, 0.05) is 6.07 Å². The highest BCUT2D eigenvalue weighted by Gasteiger charge is 2.14. The van der Waals surface area contributed by atoms with E-state index >= 15 is 0 Å². The van der Waals surface area contributed by atoms with Crippen LogP contribution in [0.3, 0.4) is 0 Å². The number of anilines is 2. The number of benzene rings is 1. The Balaban J connectivity index is 2.40. The number of nitrogens with zero attached hydrogens (tertiary/aromatic N) is 3. The molecule has 0 aliphatic rings. The van der Waals surface area contributed by atoms with Gasteiger partial charge in [-0.15, -0.1) is 0 Å². The first-order chi connectivity index (χ1) is 9.10. The molecule has 1 aromatic carbocycles. The lowest BCUT2D eigenvalue weighted by atomic mass is 10.2. The quantitative estimate of drug-likeness (QED) is 0.527. The lowest BCUT2D eigenvalue weighted by Gasteiger charge is -2.07. The summed E-state index contributed by atoms with van der Waals surface area (Å²) in [5, 5.41) is 22.9. The molecule has 0 spiro atoms. The summed E-state index contributed by atoms with van der Waals surface area (Å²) in [6.45, 7) is 0. The van der Waals surface area contributed by atoms with E-state index < -0.39 is 4.92 Å². The molecular weight excluding hydrogens is 268 g/mol. The van der Waals surface area contributed by atoms with Gasteiger partial charge in [-0.25, -0.2) is 4.98 Å². The number of nitro groups is 1. The van der Waals surface area contributed by atoms with Crippen molar-refractivity contribution in [3.05, 3.63) is 57.4 Å². The van der Waals surface area contributed by atoms with E-state index in [-0.39, 0.29) is 11.4 Å². The molecule has 94 valence electrons. The second kappa shape index (κ2) is 5.33. The highest BCUT2D eigenvalue weighted by molar-refractivity contribution is 6.29. The first-order valence-electron chi connectivity index (χ1n) is 5.17. The predicted octanol–water partition coefficient (Wildman–Crippen LogP) is 3.26. The van der Waals surface area contributed by atoms with Gasteiger partial charge in [0.1, 0.15) is 10.8 Å². The number of pyridine rings is 1. The normalized spacial score (nSPS) is 9.68. The van der Waals surface area contributed by atoms with Crippen molar-refractivity contribution in [2.24, 2.45) is 0 Å². The topological polar surface area (TPSA) is 91.8 Å². The molecule has 0 saturated carbocycles. The number of rotatable bonds is 3. The van der Waals surface area contributed by atoms with E-state index in [0.29, 0.717) is 16.4 Å². The number of aromatic nitrogens is 1. The van der Waals surface area contributed by atoms with Crippen LogP contribution in [-0.4, -0.2) is 9.91 Å². The minimum absolute atomic E-state index is 0.117. The van der Waals surface area contributed by atoms with Crippen LogP contribution in [0, 0.1) is 21.4 Å². The fraction of sp³-hybridized carbons (Fsp3) is 0. The largest absolute Gasteiger partial charge is 0.349 e. The van der Waals surface area contributed by atoms with Gasteiger partial charge in [0.25, 0.3) is 5.69 Å². The van der Waals surface area contributed by atoms with Gasteiger partial charge in [0.15, 0.2) is 0 Å². The SMILES string of the molecule is N#Cc1ccc([N+](=O)[O-])c(Nc2ccc(Cl)nc2)c1. The molecule has 0 aliphatic heterocycles. The maximum Gasteiger partial charge on any atom is 0.292 e. The van der Waals surface area contributed by atoms with Crippen LogP contribution in [-0.2, 0) is 0 Å². The Morgan fingerprint density at radius 3 is 2.74 bits per heavy atom. The van der Waals surface area contributed by atoms with Gasteiger partial charge in [0.05, 0.1) is 28.4 Å². The number of nitrogens with one attached hydrogen (secondary N) is 1. The Kier molecular flexibility index (Phi) is 3.59. The van der Waals surface area contributed by atoms with Crippen molar-refractivity contribution in [2.45, 2.75) is 0 Å². The first-order valence-corrected chi connectivity index (χ1v) is 5.55. The third-order valence-electron chi connectivity index (χ3n) is 2.33. The van der Waals surface area contributed by atoms with Gasteiger partial charge in [0.2, 0.25) is 0 Å². The van der Waals surface area contributed by atoms with Crippen molar-refractivity contribution < 1.29 is 4.92 Å². The minimum atomic E-state index is -0.521. The maximum absolute atomic E-state index is 10.9. The molecule has 1 heterocycles. The third-order valence-corrected chi connectivity index (χ3v) is 2.55. The van der Waals surface area contributed by atoms with Crippen LogP contribution in [0.25, 0.3) is 0 Å². The van der Waals surface area contributed by atoms with Crippen molar-refractivity contribution in [3.8, 4) is 6.07 Å². The molecule has 0 fully saturated rings. The molecule has 0 bridgehead atoms. The van der Waals surface area contributed by atoms with Gasteiger partial charge < -0.3 is 5.32 Å². The summed E-state index contributed by atoms with van der Waals surface area (Å²) in [4.78, 5) is 14.3. The molecule has 1 N–H and O–H groups in total. The lowest BCUT2D eigenvalue weighted by molar-refractivity contribution is -0.383. The zero-order valence-electron chi connectivity index (χ0n) is 9.50. The summed E-state index contributed by atoms with van der Waals surface area (Å²) in [7, 11) is 0. The standard InChI is InChI=1S/C12H7ClN4O2/c13-12-4-2-9(7-15-12)16-10-5-8(6-14)1-3-11(10)17(18)19/h1-5,7,16H. The van der Waals surface area contributed by atoms with Crippen LogP contribution in [0.2, 0.25) is 5.15 Å². The molecule has 0 unspecified atom stereocenters. The van der Waals surface area contributed by atoms with E-state index in [1.54, 1.807) is 12.1 Å². The second-order valence-electron chi connectivity index (χ2n) is 3.60. The monoisotopic (exact) mass is 274 g/mol. The van der Waals surface area contributed by atoms with E-state index in [1.807, 2.05) is 6.07 Å². The average Bonchev–Trinajstić information content (AvgIpc) is 2.41. The van der Waals surface area contributed by atoms with Crippen molar-refractivity contribution >= 4 is 28.7 Å². The van der Waals surface area contributed by atoms with E-state index in [0.717, 1.165) is 0 Å². The Hall–Kier alpha value is -2.65. The summed E-state index contributed by atoms with van der Waals surface area (Å²) in [5.41, 5.74) is 0.986. The fourth-order valence-electron chi connectivity index (χ4n) is 1.47. The summed E-state index contributed by atoms with van der Waals surface area (Å²) in [6.07, 6.45) is 1.45. The molecule has 1 aromatic heterocycles. The summed E-state index contributed by atoms with van der Waals surface area (Å²) in [6, 6.07) is 9.21. The van der Waals surface area contributed by atoms with E-state index in [4.69, 9.17) is 16.9 Å². The average molecular weight is 275 g/mol. The Bertz CT molecular complexity index is 664. The maximum atomic E-state index is 10.9. The van der Waals surface area contributed by atoms with Gasteiger partial charge >= 0.3 is 0 Å². The molecule has 0 radical (unpaired) electrons. The second-order valence-corrected chi connectivity index (χ2v) is 3.98. The smallest absolute Gasteiger partial charge is 0.292 e. The molecule has 0 amide bonds. The van der Waals surface area contributed by atoms with Crippen LogP contribution in [0.5, 0.6) is 0 Å². The van der Waals surface area contributed by atoms with E-state index in [9.17, 15) is 10.1 Å². The van der Waals surface area contributed by atoms with Crippen molar-refractivity contribution in [3.63, 3.8) is 0 Å². The number of hydrogen-bond acceptors (Lipinski definition) is 5. The van der Waals surface area contributed by atoms with Crippen molar-refractivity contribution in [1.82, 2.24) is 4.98 Å². The molecular formula is C12H7ClN4O2. The van der Waals surface area contributed by atoms with Gasteiger partial charge in [-0.2, -0.15) is 5.26 Å². The first kappa shape index (κ1) is 12.8. The molecule has 0 saturated heterocycles. The Morgan fingerprint density at radius 1 is 1.37 bits per heavy atom. The van der Waals surface area contributed by atoms with E-state index in [2.05, 4.69) is 10.3 Å². The van der Waals surface area contributed by atoms with Crippen LogP contribution in [0.15, 0.2) is 36.5 Å². The molecule has 7 heteroatoms. The van der Waals surface area contributed by atoms with Crippen LogP contribution < -0.4 is 5.32 Å². The van der Waals surface area contributed by atoms with Gasteiger partial charge in [-0.3, -0.25) is 10.1 Å². The molecule has 2 rings (SSSR count). The molecule has 6 nitrogen and oxygen atoms in total. The van der Waals surface area contributed by atoms with Gasteiger partial charge in [-0.05, 0) is 24.3 Å². The Morgan fingerprint density at radius 2 is 2.16 bits per heavy atom.